The molecule has 1 aliphatic heterocycles. The normalized spacial score (nSPS) is 17.6. The van der Waals surface area contributed by atoms with Crippen molar-refractivity contribution >= 4 is 60.1 Å². The first-order chi connectivity index (χ1) is 16.0. The minimum absolute atomic E-state index is 0.0327. The van der Waals surface area contributed by atoms with Gasteiger partial charge in [0.15, 0.2) is 5.13 Å². The molecule has 0 unspecified atom stereocenters. The summed E-state index contributed by atoms with van der Waals surface area (Å²) < 4.78 is 6.98. The van der Waals surface area contributed by atoms with Gasteiger partial charge in [-0.25, -0.2) is 4.98 Å². The number of hydrogen-bond donors (Lipinski definition) is 1. The molecule has 8 heteroatoms. The number of fused-ring (bicyclic) bond motifs is 1. The Labute approximate surface area is 201 Å². The maximum Gasteiger partial charge on any atom is 0.301 e. The molecular weight excluding hydrogens is 504 g/mol. The molecule has 1 amide bonds. The lowest BCUT2D eigenvalue weighted by Gasteiger charge is -2.23. The van der Waals surface area contributed by atoms with Crippen molar-refractivity contribution in [2.75, 3.05) is 12.0 Å². The van der Waals surface area contributed by atoms with Gasteiger partial charge in [-0.05, 0) is 35.9 Å². The Kier molecular flexibility index (Phi) is 5.47. The maximum atomic E-state index is 13.3. The molecule has 33 heavy (non-hydrogen) atoms. The molecule has 1 N–H and O–H groups in total. The monoisotopic (exact) mass is 520 g/mol. The molecule has 2 heterocycles. The summed E-state index contributed by atoms with van der Waals surface area (Å²) in [4.78, 5) is 32.5. The van der Waals surface area contributed by atoms with Gasteiger partial charge in [0.2, 0.25) is 0 Å². The van der Waals surface area contributed by atoms with E-state index < -0.39 is 17.7 Å². The molecule has 1 fully saturated rings. The van der Waals surface area contributed by atoms with Gasteiger partial charge < -0.3 is 9.84 Å². The van der Waals surface area contributed by atoms with Crippen molar-refractivity contribution in [1.29, 1.82) is 0 Å². The van der Waals surface area contributed by atoms with Gasteiger partial charge in [-0.1, -0.05) is 69.7 Å². The Morgan fingerprint density at radius 1 is 1.06 bits per heavy atom. The minimum Gasteiger partial charge on any atom is -0.507 e. The van der Waals surface area contributed by atoms with Crippen LogP contribution in [0.1, 0.15) is 17.2 Å². The molecule has 1 aromatic heterocycles. The number of ketones is 1. The molecule has 1 saturated heterocycles. The highest BCUT2D eigenvalue weighted by Gasteiger charge is 2.48. The second-order valence-corrected chi connectivity index (χ2v) is 9.34. The number of methoxy groups -OCH3 is 1. The summed E-state index contributed by atoms with van der Waals surface area (Å²) in [5, 5.41) is 11.5. The van der Waals surface area contributed by atoms with Crippen LogP contribution in [0.25, 0.3) is 16.0 Å². The lowest BCUT2D eigenvalue weighted by atomic mass is 9.95. The number of aromatic nitrogens is 1. The molecule has 5 rings (SSSR count). The Hall–Kier alpha value is -3.49. The summed E-state index contributed by atoms with van der Waals surface area (Å²) in [5.74, 6) is -1.02. The number of nitrogens with zero attached hydrogens (tertiary/aromatic N) is 2. The highest BCUT2D eigenvalue weighted by Crippen LogP contribution is 2.44. The van der Waals surface area contributed by atoms with E-state index in [1.165, 1.54) is 16.2 Å². The van der Waals surface area contributed by atoms with Crippen LogP contribution in [-0.4, -0.2) is 28.9 Å². The van der Waals surface area contributed by atoms with Gasteiger partial charge >= 0.3 is 5.91 Å². The number of thiazole rings is 1. The number of hydrogen-bond acceptors (Lipinski definition) is 6. The van der Waals surface area contributed by atoms with Crippen molar-refractivity contribution in [2.24, 2.45) is 0 Å². The fourth-order valence-electron chi connectivity index (χ4n) is 3.86. The fraction of sp³-hybridized carbons (Fsp3) is 0.0800. The van der Waals surface area contributed by atoms with Crippen LogP contribution in [0, 0.1) is 0 Å². The van der Waals surface area contributed by atoms with Crippen molar-refractivity contribution in [1.82, 2.24) is 4.98 Å². The number of aliphatic hydroxyl groups is 1. The zero-order valence-electron chi connectivity index (χ0n) is 17.4. The third kappa shape index (κ3) is 3.71. The van der Waals surface area contributed by atoms with E-state index in [0.29, 0.717) is 27.5 Å². The van der Waals surface area contributed by atoms with Crippen LogP contribution in [0.15, 0.2) is 82.8 Å². The molecule has 3 aromatic carbocycles. The van der Waals surface area contributed by atoms with E-state index >= 15 is 0 Å². The largest absolute Gasteiger partial charge is 0.507 e. The summed E-state index contributed by atoms with van der Waals surface area (Å²) in [6.45, 7) is 0. The summed E-state index contributed by atoms with van der Waals surface area (Å²) in [5.41, 5.74) is 1.87. The lowest BCUT2D eigenvalue weighted by molar-refractivity contribution is -0.132. The molecule has 0 aliphatic carbocycles. The van der Waals surface area contributed by atoms with Crippen molar-refractivity contribution < 1.29 is 19.4 Å². The summed E-state index contributed by atoms with van der Waals surface area (Å²) in [6, 6.07) is 20.7. The number of amides is 1. The summed E-state index contributed by atoms with van der Waals surface area (Å²) in [6.07, 6.45) is 0. The highest BCUT2D eigenvalue weighted by molar-refractivity contribution is 9.10. The molecule has 4 aromatic rings. The number of aliphatic hydroxyl groups excluding tert-OH is 1. The number of benzene rings is 3. The predicted octanol–water partition coefficient (Wildman–Crippen LogP) is 5.69. The predicted molar refractivity (Wildman–Crippen MR) is 132 cm³/mol. The third-order valence-electron chi connectivity index (χ3n) is 5.47. The maximum absolute atomic E-state index is 13.3. The SMILES string of the molecule is COc1ccc2nc(N3C(=O)C(=O)/C(=C(/O)c4ccccc4)[C@@H]3c3ccc(Br)cc3)sc2c1. The standard InChI is InChI=1S/C25H17BrN2O4S/c1-32-17-11-12-18-19(13-17)33-25(27-18)28-21(14-7-9-16(26)10-8-14)20(23(30)24(28)31)22(29)15-5-3-2-4-6-15/h2-13,21,29H,1H3/b22-20+/t21-/m0/s1. The van der Waals surface area contributed by atoms with E-state index in [0.717, 1.165) is 9.17 Å². The van der Waals surface area contributed by atoms with E-state index in [4.69, 9.17) is 4.74 Å². The van der Waals surface area contributed by atoms with Crippen LogP contribution in [0.3, 0.4) is 0 Å². The first kappa shape index (κ1) is 21.4. The van der Waals surface area contributed by atoms with Crippen LogP contribution in [0.2, 0.25) is 0 Å². The number of carbonyl (C=O) groups excluding carboxylic acids is 2. The molecule has 6 nitrogen and oxygen atoms in total. The zero-order valence-corrected chi connectivity index (χ0v) is 19.8. The molecular formula is C25H17BrN2O4S. The summed E-state index contributed by atoms with van der Waals surface area (Å²) >= 11 is 4.71. The van der Waals surface area contributed by atoms with Crippen LogP contribution in [0.4, 0.5) is 5.13 Å². The van der Waals surface area contributed by atoms with Crippen molar-refractivity contribution in [3.8, 4) is 5.75 Å². The Bertz CT molecular complexity index is 1410. The second-order valence-electron chi connectivity index (χ2n) is 7.42. The molecule has 164 valence electrons. The summed E-state index contributed by atoms with van der Waals surface area (Å²) in [7, 11) is 1.58. The molecule has 0 saturated carbocycles. The van der Waals surface area contributed by atoms with Crippen molar-refractivity contribution in [2.45, 2.75) is 6.04 Å². The van der Waals surface area contributed by atoms with Crippen LogP contribution >= 0.6 is 27.3 Å². The van der Waals surface area contributed by atoms with Gasteiger partial charge in [0, 0.05) is 10.0 Å². The number of ether oxygens (including phenoxy) is 1. The molecule has 1 aliphatic rings. The van der Waals surface area contributed by atoms with Gasteiger partial charge in [-0.3, -0.25) is 14.5 Å². The lowest BCUT2D eigenvalue weighted by Crippen LogP contribution is -2.29. The number of Topliss-reactive ketones (excluding diaryl/α,β-unsaturated/α-hetero) is 1. The Balaban J connectivity index is 1.72. The third-order valence-corrected chi connectivity index (χ3v) is 7.01. The molecule has 0 bridgehead atoms. The van der Waals surface area contributed by atoms with Gasteiger partial charge in [0.1, 0.15) is 11.5 Å². The zero-order chi connectivity index (χ0) is 23.1. The Morgan fingerprint density at radius 2 is 1.79 bits per heavy atom. The topological polar surface area (TPSA) is 79.7 Å². The first-order valence-electron chi connectivity index (χ1n) is 10.0. The molecule has 0 radical (unpaired) electrons. The first-order valence-corrected chi connectivity index (χ1v) is 11.7. The van der Waals surface area contributed by atoms with Gasteiger partial charge in [-0.2, -0.15) is 0 Å². The fourth-order valence-corrected chi connectivity index (χ4v) is 5.15. The van der Waals surface area contributed by atoms with E-state index in [-0.39, 0.29) is 11.3 Å². The van der Waals surface area contributed by atoms with Crippen molar-refractivity contribution in [3.63, 3.8) is 0 Å². The Morgan fingerprint density at radius 3 is 2.48 bits per heavy atom. The number of halogens is 1. The number of anilines is 1. The van der Waals surface area contributed by atoms with Gasteiger partial charge in [-0.15, -0.1) is 0 Å². The van der Waals surface area contributed by atoms with E-state index in [1.807, 2.05) is 42.5 Å². The minimum atomic E-state index is -0.819. The van der Waals surface area contributed by atoms with E-state index in [2.05, 4.69) is 20.9 Å². The van der Waals surface area contributed by atoms with E-state index in [1.54, 1.807) is 37.4 Å². The van der Waals surface area contributed by atoms with Crippen LogP contribution in [0.5, 0.6) is 5.75 Å². The molecule has 0 spiro atoms. The quantitative estimate of drug-likeness (QED) is 0.212. The van der Waals surface area contributed by atoms with Gasteiger partial charge in [0.25, 0.3) is 5.78 Å². The average Bonchev–Trinajstić information content (AvgIpc) is 3.37. The van der Waals surface area contributed by atoms with Gasteiger partial charge in [0.05, 0.1) is 28.9 Å². The van der Waals surface area contributed by atoms with Crippen molar-refractivity contribution in [3.05, 3.63) is 94.0 Å². The number of rotatable bonds is 4. The number of carbonyl (C=O) groups is 2. The van der Waals surface area contributed by atoms with Crippen LogP contribution < -0.4 is 9.64 Å². The van der Waals surface area contributed by atoms with E-state index in [9.17, 15) is 14.7 Å². The smallest absolute Gasteiger partial charge is 0.301 e. The highest BCUT2D eigenvalue weighted by atomic mass is 79.9. The average molecular weight is 521 g/mol. The molecule has 1 atom stereocenters. The van der Waals surface area contributed by atoms with Crippen LogP contribution in [-0.2, 0) is 9.59 Å². The second kappa shape index (κ2) is 8.46.